The van der Waals surface area contributed by atoms with E-state index in [2.05, 4.69) is 0 Å². The largest absolute Gasteiger partial charge is 0.478 e. The van der Waals surface area contributed by atoms with Crippen molar-refractivity contribution in [2.75, 3.05) is 6.26 Å². The summed E-state index contributed by atoms with van der Waals surface area (Å²) in [5.74, 6) is -1.15. The average Bonchev–Trinajstić information content (AvgIpc) is 2.16. The molecule has 15 heavy (non-hydrogen) atoms. The number of carboxylic acids is 1. The smallest absolute Gasteiger partial charge is 0.337 e. The van der Waals surface area contributed by atoms with Gasteiger partial charge in [0.1, 0.15) is 0 Å². The van der Waals surface area contributed by atoms with Crippen LogP contribution in [0.2, 0.25) is 0 Å². The first-order valence-electron chi connectivity index (χ1n) is 4.03. The van der Waals surface area contributed by atoms with Gasteiger partial charge in [0, 0.05) is 16.5 Å². The number of aryl methyl sites for hydroxylation is 1. The van der Waals surface area contributed by atoms with Crippen molar-refractivity contribution in [3.8, 4) is 0 Å². The molecule has 0 aliphatic carbocycles. The Bertz CT molecular complexity index is 430. The van der Waals surface area contributed by atoms with Crippen molar-refractivity contribution in [2.24, 2.45) is 0 Å². The molecule has 0 unspecified atom stereocenters. The summed E-state index contributed by atoms with van der Waals surface area (Å²) >= 11 is 1.25. The molecule has 0 aliphatic rings. The van der Waals surface area contributed by atoms with Gasteiger partial charge in [-0.3, -0.25) is 10.1 Å². The normalized spacial score (nSPS) is 10.0. The maximum Gasteiger partial charge on any atom is 0.337 e. The van der Waals surface area contributed by atoms with E-state index in [4.69, 9.17) is 5.11 Å². The lowest BCUT2D eigenvalue weighted by Crippen LogP contribution is -2.02. The maximum absolute atomic E-state index is 10.8. The fourth-order valence-electron chi connectivity index (χ4n) is 1.20. The number of hydrogen-bond donors (Lipinski definition) is 1. The highest BCUT2D eigenvalue weighted by Gasteiger charge is 2.18. The lowest BCUT2D eigenvalue weighted by molar-refractivity contribution is -0.385. The average molecular weight is 227 g/mol. The van der Waals surface area contributed by atoms with E-state index < -0.39 is 10.9 Å². The SMILES string of the molecule is CSc1cc(C)c([N+](=O)[O-])cc1C(=O)O. The number of rotatable bonds is 3. The highest BCUT2D eigenvalue weighted by Crippen LogP contribution is 2.28. The van der Waals surface area contributed by atoms with Crippen LogP contribution in [0.1, 0.15) is 15.9 Å². The molecule has 0 aliphatic heterocycles. The van der Waals surface area contributed by atoms with Crippen LogP contribution in [0, 0.1) is 17.0 Å². The number of carbonyl (C=O) groups is 1. The molecular weight excluding hydrogens is 218 g/mol. The van der Waals surface area contributed by atoms with E-state index >= 15 is 0 Å². The second-order valence-corrected chi connectivity index (χ2v) is 3.75. The fourth-order valence-corrected chi connectivity index (χ4v) is 1.86. The van der Waals surface area contributed by atoms with E-state index in [0.29, 0.717) is 10.5 Å². The second kappa shape index (κ2) is 4.31. The van der Waals surface area contributed by atoms with Crippen molar-refractivity contribution in [1.29, 1.82) is 0 Å². The Morgan fingerprint density at radius 1 is 1.53 bits per heavy atom. The van der Waals surface area contributed by atoms with Crippen LogP contribution in [0.5, 0.6) is 0 Å². The van der Waals surface area contributed by atoms with Crippen molar-refractivity contribution in [2.45, 2.75) is 11.8 Å². The van der Waals surface area contributed by atoms with Crippen LogP contribution in [0.15, 0.2) is 17.0 Å². The molecule has 5 nitrogen and oxygen atoms in total. The van der Waals surface area contributed by atoms with Crippen molar-refractivity contribution in [3.05, 3.63) is 33.4 Å². The summed E-state index contributed by atoms with van der Waals surface area (Å²) in [7, 11) is 0. The molecule has 1 N–H and O–H groups in total. The Kier molecular flexibility index (Phi) is 3.31. The van der Waals surface area contributed by atoms with Gasteiger partial charge in [-0.05, 0) is 19.2 Å². The minimum Gasteiger partial charge on any atom is -0.478 e. The van der Waals surface area contributed by atoms with E-state index in [-0.39, 0.29) is 11.3 Å². The topological polar surface area (TPSA) is 80.4 Å². The Balaban J connectivity index is 3.43. The van der Waals surface area contributed by atoms with E-state index in [0.717, 1.165) is 6.07 Å². The van der Waals surface area contributed by atoms with Crippen molar-refractivity contribution in [1.82, 2.24) is 0 Å². The monoisotopic (exact) mass is 227 g/mol. The number of thioether (sulfide) groups is 1. The number of hydrogen-bond acceptors (Lipinski definition) is 4. The molecule has 0 spiro atoms. The van der Waals surface area contributed by atoms with Gasteiger partial charge >= 0.3 is 5.97 Å². The van der Waals surface area contributed by atoms with Crippen LogP contribution < -0.4 is 0 Å². The lowest BCUT2D eigenvalue weighted by Gasteiger charge is -2.04. The summed E-state index contributed by atoms with van der Waals surface area (Å²) in [4.78, 5) is 21.4. The molecule has 6 heteroatoms. The van der Waals surface area contributed by atoms with Crippen molar-refractivity contribution >= 4 is 23.4 Å². The van der Waals surface area contributed by atoms with Gasteiger partial charge in [-0.1, -0.05) is 0 Å². The summed E-state index contributed by atoms with van der Waals surface area (Å²) in [6, 6.07) is 2.62. The summed E-state index contributed by atoms with van der Waals surface area (Å²) in [6.45, 7) is 1.59. The van der Waals surface area contributed by atoms with Gasteiger partial charge < -0.3 is 5.11 Å². The van der Waals surface area contributed by atoms with Crippen LogP contribution in [-0.2, 0) is 0 Å². The first kappa shape index (κ1) is 11.5. The number of nitro benzene ring substituents is 1. The molecule has 0 fully saturated rings. The Morgan fingerprint density at radius 2 is 2.13 bits per heavy atom. The van der Waals surface area contributed by atoms with Crippen LogP contribution in [0.3, 0.4) is 0 Å². The van der Waals surface area contributed by atoms with Crippen LogP contribution in [0.25, 0.3) is 0 Å². The number of nitro groups is 1. The maximum atomic E-state index is 10.8. The zero-order chi connectivity index (χ0) is 11.6. The molecule has 0 amide bonds. The van der Waals surface area contributed by atoms with Gasteiger partial charge in [0.15, 0.2) is 0 Å². The first-order chi connectivity index (χ1) is 6.97. The van der Waals surface area contributed by atoms with Crippen LogP contribution >= 0.6 is 11.8 Å². The standard InChI is InChI=1S/C9H9NO4S/c1-5-3-8(15-2)6(9(11)12)4-7(5)10(13)14/h3-4H,1-2H3,(H,11,12). The summed E-state index contributed by atoms with van der Waals surface area (Å²) in [5.41, 5.74) is 0.277. The third-order valence-electron chi connectivity index (χ3n) is 1.95. The zero-order valence-electron chi connectivity index (χ0n) is 8.18. The molecular formula is C9H9NO4S. The molecule has 1 rings (SSSR count). The van der Waals surface area contributed by atoms with Gasteiger partial charge in [-0.2, -0.15) is 0 Å². The van der Waals surface area contributed by atoms with Crippen LogP contribution in [0.4, 0.5) is 5.69 Å². The van der Waals surface area contributed by atoms with Crippen LogP contribution in [-0.4, -0.2) is 22.3 Å². The molecule has 1 aromatic rings. The fraction of sp³-hybridized carbons (Fsp3) is 0.222. The third kappa shape index (κ3) is 2.27. The van der Waals surface area contributed by atoms with Crippen molar-refractivity contribution < 1.29 is 14.8 Å². The highest BCUT2D eigenvalue weighted by atomic mass is 32.2. The summed E-state index contributed by atoms with van der Waals surface area (Å²) < 4.78 is 0. The quantitative estimate of drug-likeness (QED) is 0.487. The Morgan fingerprint density at radius 3 is 2.53 bits per heavy atom. The van der Waals surface area contributed by atoms with Gasteiger partial charge in [-0.15, -0.1) is 11.8 Å². The predicted octanol–water partition coefficient (Wildman–Crippen LogP) is 2.32. The van der Waals surface area contributed by atoms with Crippen molar-refractivity contribution in [3.63, 3.8) is 0 Å². The molecule has 0 atom stereocenters. The number of carboxylic acid groups (broad SMARTS) is 1. The highest BCUT2D eigenvalue weighted by molar-refractivity contribution is 7.98. The van der Waals surface area contributed by atoms with E-state index in [1.165, 1.54) is 17.8 Å². The number of aromatic carboxylic acids is 1. The number of benzene rings is 1. The van der Waals surface area contributed by atoms with E-state index in [1.807, 2.05) is 0 Å². The molecule has 0 aromatic heterocycles. The summed E-state index contributed by atoms with van der Waals surface area (Å²) in [5, 5.41) is 19.5. The molecule has 0 saturated carbocycles. The second-order valence-electron chi connectivity index (χ2n) is 2.90. The minimum absolute atomic E-state index is 0.0280. The molecule has 0 bridgehead atoms. The molecule has 0 radical (unpaired) electrons. The van der Waals surface area contributed by atoms with Gasteiger partial charge in [0.25, 0.3) is 5.69 Å². The minimum atomic E-state index is -1.15. The van der Waals surface area contributed by atoms with Gasteiger partial charge in [0.05, 0.1) is 10.5 Å². The summed E-state index contributed by atoms with van der Waals surface area (Å²) in [6.07, 6.45) is 1.73. The zero-order valence-corrected chi connectivity index (χ0v) is 9.00. The third-order valence-corrected chi connectivity index (χ3v) is 2.72. The Labute approximate surface area is 90.3 Å². The lowest BCUT2D eigenvalue weighted by atomic mass is 10.1. The first-order valence-corrected chi connectivity index (χ1v) is 5.26. The molecule has 80 valence electrons. The molecule has 0 saturated heterocycles. The molecule has 1 aromatic carbocycles. The number of nitrogens with zero attached hydrogens (tertiary/aromatic N) is 1. The van der Waals surface area contributed by atoms with E-state index in [9.17, 15) is 14.9 Å². The van der Waals surface area contributed by atoms with E-state index in [1.54, 1.807) is 13.2 Å². The molecule has 0 heterocycles. The Hall–Kier alpha value is -1.56. The predicted molar refractivity (Wildman–Crippen MR) is 56.6 cm³/mol. The van der Waals surface area contributed by atoms with Gasteiger partial charge in [0.2, 0.25) is 0 Å². The van der Waals surface area contributed by atoms with Gasteiger partial charge in [-0.25, -0.2) is 4.79 Å².